The molecule has 1 aliphatic carbocycles. The van der Waals surface area contributed by atoms with Gasteiger partial charge in [-0.3, -0.25) is 4.79 Å². The van der Waals surface area contributed by atoms with Gasteiger partial charge >= 0.3 is 0 Å². The Labute approximate surface area is 125 Å². The summed E-state index contributed by atoms with van der Waals surface area (Å²) in [6.45, 7) is 8.76. The van der Waals surface area contributed by atoms with E-state index in [1.165, 1.54) is 32.1 Å². The highest BCUT2D eigenvalue weighted by Crippen LogP contribution is 2.25. The second-order valence-corrected chi connectivity index (χ2v) is 7.17. The normalized spacial score (nSPS) is 18.4. The molecule has 1 saturated carbocycles. The van der Waals surface area contributed by atoms with Gasteiger partial charge in [0.25, 0.3) is 0 Å². The van der Waals surface area contributed by atoms with Crippen molar-refractivity contribution in [1.29, 1.82) is 0 Å². The average Bonchev–Trinajstić information content (AvgIpc) is 2.37. The highest BCUT2D eigenvalue weighted by atomic mass is 16.2. The van der Waals surface area contributed by atoms with Crippen LogP contribution < -0.4 is 5.73 Å². The Bertz CT molecular complexity index is 281. The van der Waals surface area contributed by atoms with Crippen molar-refractivity contribution in [3.63, 3.8) is 0 Å². The molecule has 0 radical (unpaired) electrons. The third-order valence-corrected chi connectivity index (χ3v) is 4.43. The molecule has 118 valence electrons. The molecular weight excluding hydrogens is 248 g/mol. The molecule has 1 aliphatic rings. The van der Waals surface area contributed by atoms with Gasteiger partial charge in [0.05, 0.1) is 0 Å². The third-order valence-electron chi connectivity index (χ3n) is 4.43. The number of rotatable bonds is 6. The molecule has 1 fully saturated rings. The number of carbonyl (C=O) groups excluding carboxylic acids is 1. The van der Waals surface area contributed by atoms with Crippen molar-refractivity contribution in [2.75, 3.05) is 19.6 Å². The summed E-state index contributed by atoms with van der Waals surface area (Å²) in [6, 6.07) is 0. The van der Waals surface area contributed by atoms with Gasteiger partial charge in [-0.25, -0.2) is 0 Å². The van der Waals surface area contributed by atoms with Gasteiger partial charge in [0.2, 0.25) is 5.91 Å². The lowest BCUT2D eigenvalue weighted by Gasteiger charge is -2.34. The van der Waals surface area contributed by atoms with Gasteiger partial charge in [-0.05, 0) is 31.2 Å². The molecule has 3 nitrogen and oxygen atoms in total. The highest BCUT2D eigenvalue weighted by molar-refractivity contribution is 5.78. The molecule has 1 rings (SSSR count). The first-order chi connectivity index (χ1) is 9.50. The Kier molecular flexibility index (Phi) is 7.57. The quantitative estimate of drug-likeness (QED) is 0.809. The van der Waals surface area contributed by atoms with E-state index in [9.17, 15) is 4.79 Å². The van der Waals surface area contributed by atoms with Crippen LogP contribution >= 0.6 is 0 Å². The van der Waals surface area contributed by atoms with E-state index in [1.807, 2.05) is 0 Å². The van der Waals surface area contributed by atoms with E-state index in [2.05, 4.69) is 25.7 Å². The van der Waals surface area contributed by atoms with Gasteiger partial charge < -0.3 is 10.6 Å². The van der Waals surface area contributed by atoms with Crippen molar-refractivity contribution in [1.82, 2.24) is 4.90 Å². The third kappa shape index (κ3) is 5.82. The topological polar surface area (TPSA) is 46.3 Å². The molecule has 0 heterocycles. The molecule has 2 N–H and O–H groups in total. The van der Waals surface area contributed by atoms with Crippen molar-refractivity contribution < 1.29 is 4.79 Å². The van der Waals surface area contributed by atoms with E-state index in [-0.39, 0.29) is 11.3 Å². The van der Waals surface area contributed by atoms with Crippen molar-refractivity contribution in [3.05, 3.63) is 0 Å². The average molecular weight is 282 g/mol. The van der Waals surface area contributed by atoms with Crippen LogP contribution in [0, 0.1) is 11.3 Å². The Morgan fingerprint density at radius 1 is 1.15 bits per heavy atom. The Balaban J connectivity index is 2.65. The summed E-state index contributed by atoms with van der Waals surface area (Å²) in [4.78, 5) is 14.9. The molecule has 0 aliphatic heterocycles. The standard InChI is InChI=1S/C17H34N2O/c1-4-12-19(14-17(2,3)13-18)16(20)15-10-8-6-5-7-9-11-15/h15H,4-14,18H2,1-3H3. The zero-order chi connectivity index (χ0) is 15.0. The van der Waals surface area contributed by atoms with E-state index >= 15 is 0 Å². The molecule has 0 aromatic heterocycles. The molecular formula is C17H34N2O. The Hall–Kier alpha value is -0.570. The minimum Gasteiger partial charge on any atom is -0.342 e. The first kappa shape index (κ1) is 17.5. The van der Waals surface area contributed by atoms with Crippen molar-refractivity contribution in [3.8, 4) is 0 Å². The fourth-order valence-corrected chi connectivity index (χ4v) is 3.08. The summed E-state index contributed by atoms with van der Waals surface area (Å²) in [5, 5.41) is 0. The zero-order valence-corrected chi connectivity index (χ0v) is 13.8. The molecule has 3 heteroatoms. The number of nitrogens with two attached hydrogens (primary N) is 1. The lowest BCUT2D eigenvalue weighted by atomic mass is 9.88. The summed E-state index contributed by atoms with van der Waals surface area (Å²) >= 11 is 0. The molecule has 0 unspecified atom stereocenters. The van der Waals surface area contributed by atoms with Gasteiger partial charge in [0.1, 0.15) is 0 Å². The molecule has 0 spiro atoms. The van der Waals surface area contributed by atoms with E-state index in [1.54, 1.807) is 0 Å². The molecule has 1 amide bonds. The lowest BCUT2D eigenvalue weighted by Crippen LogP contribution is -2.45. The van der Waals surface area contributed by atoms with Gasteiger partial charge in [0, 0.05) is 19.0 Å². The minimum absolute atomic E-state index is 0.0203. The van der Waals surface area contributed by atoms with Crippen LogP contribution in [0.25, 0.3) is 0 Å². The van der Waals surface area contributed by atoms with Crippen molar-refractivity contribution >= 4 is 5.91 Å². The van der Waals surface area contributed by atoms with Gasteiger partial charge in [-0.2, -0.15) is 0 Å². The second-order valence-electron chi connectivity index (χ2n) is 7.17. The minimum atomic E-state index is 0.0203. The number of hydrogen-bond acceptors (Lipinski definition) is 2. The molecule has 0 aromatic rings. The summed E-state index contributed by atoms with van der Waals surface area (Å²) in [5.41, 5.74) is 5.86. The van der Waals surface area contributed by atoms with Crippen LogP contribution in [0.4, 0.5) is 0 Å². The maximum absolute atomic E-state index is 12.8. The van der Waals surface area contributed by atoms with Crippen LogP contribution in [0.5, 0.6) is 0 Å². The highest BCUT2D eigenvalue weighted by Gasteiger charge is 2.28. The maximum Gasteiger partial charge on any atom is 0.225 e. The van der Waals surface area contributed by atoms with Gasteiger partial charge in [0.15, 0.2) is 0 Å². The lowest BCUT2D eigenvalue weighted by molar-refractivity contribution is -0.137. The Morgan fingerprint density at radius 3 is 2.20 bits per heavy atom. The number of nitrogens with zero attached hydrogens (tertiary/aromatic N) is 1. The monoisotopic (exact) mass is 282 g/mol. The van der Waals surface area contributed by atoms with Crippen LogP contribution in [0.2, 0.25) is 0 Å². The van der Waals surface area contributed by atoms with Crippen LogP contribution in [0.3, 0.4) is 0 Å². The first-order valence-corrected chi connectivity index (χ1v) is 8.49. The number of hydrogen-bond donors (Lipinski definition) is 1. The number of amides is 1. The smallest absolute Gasteiger partial charge is 0.225 e. The maximum atomic E-state index is 12.8. The van der Waals surface area contributed by atoms with Crippen molar-refractivity contribution in [2.24, 2.45) is 17.1 Å². The molecule has 0 saturated heterocycles. The first-order valence-electron chi connectivity index (χ1n) is 8.49. The van der Waals surface area contributed by atoms with Crippen LogP contribution in [-0.4, -0.2) is 30.4 Å². The Morgan fingerprint density at radius 2 is 1.70 bits per heavy atom. The number of carbonyl (C=O) groups is 1. The summed E-state index contributed by atoms with van der Waals surface area (Å²) in [5.74, 6) is 0.644. The van der Waals surface area contributed by atoms with Crippen LogP contribution in [0.15, 0.2) is 0 Å². The van der Waals surface area contributed by atoms with Crippen molar-refractivity contribution in [2.45, 2.75) is 72.1 Å². The fraction of sp³-hybridized carbons (Fsp3) is 0.941. The zero-order valence-electron chi connectivity index (χ0n) is 13.8. The molecule has 20 heavy (non-hydrogen) atoms. The fourth-order valence-electron chi connectivity index (χ4n) is 3.08. The predicted octanol–water partition coefficient (Wildman–Crippen LogP) is 3.57. The van der Waals surface area contributed by atoms with Crippen LogP contribution in [0.1, 0.15) is 72.1 Å². The van der Waals surface area contributed by atoms with Gasteiger partial charge in [-0.15, -0.1) is 0 Å². The van der Waals surface area contributed by atoms with E-state index in [0.29, 0.717) is 12.5 Å². The second kappa shape index (κ2) is 8.66. The summed E-state index contributed by atoms with van der Waals surface area (Å²) in [6.07, 6.45) is 9.58. The predicted molar refractivity (Wildman–Crippen MR) is 85.5 cm³/mol. The van der Waals surface area contributed by atoms with E-state index < -0.39 is 0 Å². The largest absolute Gasteiger partial charge is 0.342 e. The molecule has 0 aromatic carbocycles. The van der Waals surface area contributed by atoms with Gasteiger partial charge in [-0.1, -0.05) is 52.9 Å². The van der Waals surface area contributed by atoms with E-state index in [4.69, 9.17) is 5.73 Å². The summed E-state index contributed by atoms with van der Waals surface area (Å²) < 4.78 is 0. The van der Waals surface area contributed by atoms with Crippen LogP contribution in [-0.2, 0) is 4.79 Å². The summed E-state index contributed by atoms with van der Waals surface area (Å²) in [7, 11) is 0. The SMILES string of the molecule is CCCN(CC(C)(C)CN)C(=O)C1CCCCCCC1. The molecule has 0 bridgehead atoms. The molecule has 0 atom stereocenters. The van der Waals surface area contributed by atoms with E-state index in [0.717, 1.165) is 32.4 Å².